The van der Waals surface area contributed by atoms with Crippen LogP contribution in [0.5, 0.6) is 11.5 Å². The monoisotopic (exact) mass is 537 g/mol. The summed E-state index contributed by atoms with van der Waals surface area (Å²) < 4.78 is 82.7. The van der Waals surface area contributed by atoms with E-state index < -0.39 is 43.2 Å². The molecule has 38 heavy (non-hydrogen) atoms. The molecule has 7 nitrogen and oxygen atoms in total. The van der Waals surface area contributed by atoms with E-state index in [0.29, 0.717) is 16.9 Å². The third kappa shape index (κ3) is 6.75. The molecule has 0 amide bonds. The van der Waals surface area contributed by atoms with Gasteiger partial charge in [-0.25, -0.2) is 0 Å². The zero-order valence-electron chi connectivity index (χ0n) is 20.4. The molecule has 4 rings (SSSR count). The van der Waals surface area contributed by atoms with Crippen LogP contribution in [0.2, 0.25) is 0 Å². The van der Waals surface area contributed by atoms with Gasteiger partial charge in [-0.3, -0.25) is 4.40 Å². The van der Waals surface area contributed by atoms with Crippen LogP contribution in [0.1, 0.15) is 17.0 Å². The third-order valence-corrected chi connectivity index (χ3v) is 5.52. The van der Waals surface area contributed by atoms with Crippen LogP contribution >= 0.6 is 0 Å². The molecule has 0 radical (unpaired) electrons. The molecule has 1 N–H and O–H groups in total. The van der Waals surface area contributed by atoms with E-state index in [9.17, 15) is 27.1 Å². The van der Waals surface area contributed by atoms with Gasteiger partial charge in [0.15, 0.2) is 5.65 Å². The molecule has 12 heteroatoms. The highest BCUT2D eigenvalue weighted by atomic mass is 19.4. The molecule has 0 saturated heterocycles. The molecular weight excluding hydrogens is 513 g/mol. The van der Waals surface area contributed by atoms with E-state index >= 15 is 0 Å². The summed E-state index contributed by atoms with van der Waals surface area (Å²) in [5.41, 5.74) is 2.90. The molecule has 2 aromatic heterocycles. The average Bonchev–Trinajstić information content (AvgIpc) is 3.28. The summed E-state index contributed by atoms with van der Waals surface area (Å²) in [4.78, 5) is 0. The normalized spacial score (nSPS) is 13.1. The van der Waals surface area contributed by atoms with E-state index in [-0.39, 0.29) is 12.3 Å². The highest BCUT2D eigenvalue weighted by Crippen LogP contribution is 2.30. The van der Waals surface area contributed by atoms with Crippen LogP contribution in [0.3, 0.4) is 0 Å². The summed E-state index contributed by atoms with van der Waals surface area (Å²) >= 11 is 0. The van der Waals surface area contributed by atoms with Crippen molar-refractivity contribution >= 4 is 5.65 Å². The summed E-state index contributed by atoms with van der Waals surface area (Å²) in [6.45, 7) is 2.15. The molecule has 0 aliphatic heterocycles. The number of pyridine rings is 1. The van der Waals surface area contributed by atoms with Crippen molar-refractivity contribution < 1.29 is 41.3 Å². The SMILES string of the molecule is Cc1ccc(C)c(OCC(O)COCC(F)(F)c2nnc3ccc(-c4ccc(OC(F)(F)F)cc4)cn23)c1. The van der Waals surface area contributed by atoms with Crippen molar-refractivity contribution in [3.05, 3.63) is 77.7 Å². The Hall–Kier alpha value is -3.77. The third-order valence-electron chi connectivity index (χ3n) is 5.52. The molecule has 202 valence electrons. The number of hydrogen-bond donors (Lipinski definition) is 1. The Bertz CT molecular complexity index is 1390. The van der Waals surface area contributed by atoms with Gasteiger partial charge in [0.2, 0.25) is 5.82 Å². The first-order chi connectivity index (χ1) is 17.9. The molecule has 0 aliphatic rings. The molecule has 0 fully saturated rings. The second-order valence-electron chi connectivity index (χ2n) is 8.70. The summed E-state index contributed by atoms with van der Waals surface area (Å²) in [7, 11) is 0. The van der Waals surface area contributed by atoms with Crippen molar-refractivity contribution in [1.82, 2.24) is 14.6 Å². The van der Waals surface area contributed by atoms with Gasteiger partial charge in [-0.05, 0) is 66.4 Å². The first-order valence-electron chi connectivity index (χ1n) is 11.5. The second kappa shape index (κ2) is 10.9. The second-order valence-corrected chi connectivity index (χ2v) is 8.70. The first-order valence-corrected chi connectivity index (χ1v) is 11.5. The zero-order valence-corrected chi connectivity index (χ0v) is 20.4. The smallest absolute Gasteiger partial charge is 0.491 e. The number of hydrogen-bond acceptors (Lipinski definition) is 6. The van der Waals surface area contributed by atoms with Gasteiger partial charge in [0.1, 0.15) is 30.8 Å². The zero-order chi connectivity index (χ0) is 27.5. The fourth-order valence-electron chi connectivity index (χ4n) is 3.64. The maximum absolute atomic E-state index is 15.0. The van der Waals surface area contributed by atoms with Gasteiger partial charge in [-0.15, -0.1) is 23.4 Å². The lowest BCUT2D eigenvalue weighted by Gasteiger charge is -2.18. The van der Waals surface area contributed by atoms with Gasteiger partial charge in [0.05, 0.1) is 6.61 Å². The first kappa shape index (κ1) is 27.3. The van der Waals surface area contributed by atoms with Gasteiger partial charge < -0.3 is 19.3 Å². The number of aromatic nitrogens is 3. The van der Waals surface area contributed by atoms with E-state index in [1.165, 1.54) is 24.4 Å². The van der Waals surface area contributed by atoms with Gasteiger partial charge in [0.25, 0.3) is 0 Å². The van der Waals surface area contributed by atoms with Crippen molar-refractivity contribution in [3.63, 3.8) is 0 Å². The highest BCUT2D eigenvalue weighted by Gasteiger charge is 2.38. The van der Waals surface area contributed by atoms with E-state index in [1.807, 2.05) is 32.0 Å². The van der Waals surface area contributed by atoms with E-state index in [0.717, 1.165) is 27.7 Å². The van der Waals surface area contributed by atoms with Crippen LogP contribution in [0.25, 0.3) is 16.8 Å². The van der Waals surface area contributed by atoms with Gasteiger partial charge in [-0.1, -0.05) is 24.3 Å². The van der Waals surface area contributed by atoms with Gasteiger partial charge >= 0.3 is 12.3 Å². The van der Waals surface area contributed by atoms with Crippen molar-refractivity contribution in [2.24, 2.45) is 0 Å². The molecule has 1 atom stereocenters. The Morgan fingerprint density at radius 2 is 1.61 bits per heavy atom. The fraction of sp³-hybridized carbons (Fsp3) is 0.308. The van der Waals surface area contributed by atoms with Gasteiger partial charge in [0, 0.05) is 6.20 Å². The maximum atomic E-state index is 15.0. The van der Waals surface area contributed by atoms with Crippen molar-refractivity contribution in [2.75, 3.05) is 19.8 Å². The topological polar surface area (TPSA) is 78.1 Å². The molecule has 4 aromatic rings. The lowest BCUT2D eigenvalue weighted by atomic mass is 10.1. The minimum absolute atomic E-state index is 0.139. The lowest BCUT2D eigenvalue weighted by molar-refractivity contribution is -0.274. The number of aryl methyl sites for hydroxylation is 2. The number of aliphatic hydroxyl groups excluding tert-OH is 1. The number of benzene rings is 2. The summed E-state index contributed by atoms with van der Waals surface area (Å²) in [5.74, 6) is -4.07. The number of aliphatic hydroxyl groups is 1. The quantitative estimate of drug-likeness (QED) is 0.271. The van der Waals surface area contributed by atoms with Crippen LogP contribution in [-0.2, 0) is 10.7 Å². The molecule has 0 spiro atoms. The Morgan fingerprint density at radius 1 is 0.895 bits per heavy atom. The van der Waals surface area contributed by atoms with Crippen molar-refractivity contribution in [2.45, 2.75) is 32.2 Å². The Morgan fingerprint density at radius 3 is 2.32 bits per heavy atom. The molecule has 0 aliphatic carbocycles. The molecule has 0 saturated carbocycles. The van der Waals surface area contributed by atoms with Crippen LogP contribution < -0.4 is 9.47 Å². The average molecular weight is 537 g/mol. The largest absolute Gasteiger partial charge is 0.573 e. The predicted molar refractivity (Wildman–Crippen MR) is 127 cm³/mol. The summed E-state index contributed by atoms with van der Waals surface area (Å²) in [5, 5.41) is 17.5. The molecule has 2 heterocycles. The van der Waals surface area contributed by atoms with Crippen LogP contribution in [0.15, 0.2) is 60.8 Å². The fourth-order valence-corrected chi connectivity index (χ4v) is 3.64. The maximum Gasteiger partial charge on any atom is 0.573 e. The van der Waals surface area contributed by atoms with Crippen LogP contribution in [0, 0.1) is 13.8 Å². The molecule has 2 aromatic carbocycles. The number of halogens is 5. The standard InChI is InChI=1S/C26H24F5N3O4/c1-16-3-4-17(2)22(11-16)37-14-20(35)13-36-15-25(27,28)24-33-32-23-10-7-19(12-34(23)24)18-5-8-21(9-6-18)38-26(29,30)31/h3-12,20,35H,13-15H2,1-2H3. The van der Waals surface area contributed by atoms with Crippen LogP contribution in [0.4, 0.5) is 22.0 Å². The minimum Gasteiger partial charge on any atom is -0.491 e. The van der Waals surface area contributed by atoms with E-state index in [1.54, 1.807) is 6.07 Å². The van der Waals surface area contributed by atoms with Crippen LogP contribution in [-0.4, -0.2) is 52.0 Å². The van der Waals surface area contributed by atoms with Gasteiger partial charge in [-0.2, -0.15) is 8.78 Å². The number of nitrogens with zero attached hydrogens (tertiary/aromatic N) is 3. The number of rotatable bonds is 10. The summed E-state index contributed by atoms with van der Waals surface area (Å²) in [6, 6.07) is 13.6. The molecular formula is C26H24F5N3O4. The predicted octanol–water partition coefficient (Wildman–Crippen LogP) is 5.46. The number of ether oxygens (including phenoxy) is 3. The molecule has 0 bridgehead atoms. The Kier molecular flexibility index (Phi) is 7.83. The number of fused-ring (bicyclic) bond motifs is 1. The van der Waals surface area contributed by atoms with E-state index in [2.05, 4.69) is 14.9 Å². The minimum atomic E-state index is -4.82. The van der Waals surface area contributed by atoms with E-state index in [4.69, 9.17) is 9.47 Å². The van der Waals surface area contributed by atoms with Crippen molar-refractivity contribution in [3.8, 4) is 22.6 Å². The Labute approximate surface area is 214 Å². The van der Waals surface area contributed by atoms with Crippen molar-refractivity contribution in [1.29, 1.82) is 0 Å². The summed E-state index contributed by atoms with van der Waals surface area (Å²) in [6.07, 6.45) is -4.61. The lowest BCUT2D eigenvalue weighted by Crippen LogP contribution is -2.29. The highest BCUT2D eigenvalue weighted by molar-refractivity contribution is 5.65. The Balaban J connectivity index is 1.40. The molecule has 1 unspecified atom stereocenters. The number of alkyl halides is 5.